The average Bonchev–Trinajstić information content (AvgIpc) is 2.14. The fraction of sp³-hybridized carbons (Fsp3) is 1.00. The van der Waals surface area contributed by atoms with Gasteiger partial charge in [-0.25, -0.2) is 0 Å². The van der Waals surface area contributed by atoms with Crippen LogP contribution in [-0.2, 0) is 4.74 Å². The van der Waals surface area contributed by atoms with Crippen LogP contribution in [0.1, 0.15) is 48.0 Å². The molecule has 0 radical (unpaired) electrons. The molecule has 1 N–H and O–H groups in total. The summed E-state index contributed by atoms with van der Waals surface area (Å²) in [6.07, 6.45) is 1.53. The van der Waals surface area contributed by atoms with E-state index in [0.717, 1.165) is 37.5 Å². The molecule has 16 heavy (non-hydrogen) atoms. The predicted octanol–water partition coefficient (Wildman–Crippen LogP) is 3.32. The normalized spacial score (nSPS) is 14.1. The molecule has 0 aromatic heterocycles. The van der Waals surface area contributed by atoms with E-state index in [0.29, 0.717) is 6.10 Å². The van der Waals surface area contributed by atoms with Crippen molar-refractivity contribution < 1.29 is 4.74 Å². The van der Waals surface area contributed by atoms with Gasteiger partial charge in [0.1, 0.15) is 0 Å². The van der Waals surface area contributed by atoms with Crippen LogP contribution in [0.3, 0.4) is 0 Å². The number of hydrogen-bond acceptors (Lipinski definition) is 2. The Labute approximate surface area is 102 Å². The zero-order chi connectivity index (χ0) is 12.6. The Hall–Kier alpha value is -0.0800. The largest absolute Gasteiger partial charge is 0.379 e. The maximum Gasteiger partial charge on any atom is 0.0518 e. The summed E-state index contributed by atoms with van der Waals surface area (Å²) in [6, 6.07) is 0. The average molecular weight is 229 g/mol. The van der Waals surface area contributed by atoms with E-state index in [-0.39, 0.29) is 0 Å². The summed E-state index contributed by atoms with van der Waals surface area (Å²) in [6.45, 7) is 16.4. The summed E-state index contributed by atoms with van der Waals surface area (Å²) >= 11 is 0. The van der Waals surface area contributed by atoms with Crippen molar-refractivity contribution in [1.29, 1.82) is 0 Å². The molecule has 0 aromatic rings. The van der Waals surface area contributed by atoms with Crippen LogP contribution >= 0.6 is 0 Å². The second-order valence-electron chi connectivity index (χ2n) is 5.76. The molecule has 2 nitrogen and oxygen atoms in total. The van der Waals surface area contributed by atoms with E-state index in [4.69, 9.17) is 4.74 Å². The smallest absolute Gasteiger partial charge is 0.0518 e. The van der Waals surface area contributed by atoms with Crippen LogP contribution < -0.4 is 5.32 Å². The topological polar surface area (TPSA) is 21.3 Å². The minimum absolute atomic E-state index is 0.358. The van der Waals surface area contributed by atoms with Crippen molar-refractivity contribution >= 4 is 0 Å². The van der Waals surface area contributed by atoms with E-state index in [1.807, 2.05) is 0 Å². The van der Waals surface area contributed by atoms with Crippen LogP contribution in [0.4, 0.5) is 0 Å². The zero-order valence-electron chi connectivity index (χ0n) is 12.0. The summed E-state index contributed by atoms with van der Waals surface area (Å²) in [5.74, 6) is 2.20. The third-order valence-electron chi connectivity index (χ3n) is 2.84. The monoisotopic (exact) mass is 229 g/mol. The van der Waals surface area contributed by atoms with E-state index < -0.39 is 0 Å². The molecule has 0 rings (SSSR count). The van der Waals surface area contributed by atoms with Crippen molar-refractivity contribution in [3.63, 3.8) is 0 Å². The molecule has 0 bridgehead atoms. The summed E-state index contributed by atoms with van der Waals surface area (Å²) in [4.78, 5) is 0. The number of hydrogen-bond donors (Lipinski definition) is 1. The lowest BCUT2D eigenvalue weighted by Crippen LogP contribution is -2.30. The highest BCUT2D eigenvalue weighted by atomic mass is 16.5. The first kappa shape index (κ1) is 15.9. The van der Waals surface area contributed by atoms with Crippen molar-refractivity contribution in [1.82, 2.24) is 5.32 Å². The third kappa shape index (κ3) is 9.17. The Kier molecular flexibility index (Phi) is 8.96. The van der Waals surface area contributed by atoms with Gasteiger partial charge in [-0.1, -0.05) is 27.7 Å². The first-order valence-electron chi connectivity index (χ1n) is 6.75. The lowest BCUT2D eigenvalue weighted by molar-refractivity contribution is 0.0638. The molecule has 1 atom stereocenters. The van der Waals surface area contributed by atoms with Gasteiger partial charge in [0.05, 0.1) is 6.10 Å². The second kappa shape index (κ2) is 9.00. The molecule has 98 valence electrons. The third-order valence-corrected chi connectivity index (χ3v) is 2.84. The first-order chi connectivity index (χ1) is 7.43. The van der Waals surface area contributed by atoms with Gasteiger partial charge in [-0.3, -0.25) is 0 Å². The fourth-order valence-corrected chi connectivity index (χ4v) is 1.68. The maximum absolute atomic E-state index is 5.62. The fourth-order valence-electron chi connectivity index (χ4n) is 1.68. The Balaban J connectivity index is 3.71. The molecule has 0 aliphatic heterocycles. The summed E-state index contributed by atoms with van der Waals surface area (Å²) in [5, 5.41) is 3.55. The molecule has 0 heterocycles. The summed E-state index contributed by atoms with van der Waals surface area (Å²) < 4.78 is 5.62. The Morgan fingerprint density at radius 1 is 0.938 bits per heavy atom. The molecule has 0 amide bonds. The standard InChI is InChI=1S/C14H31NO/c1-11(2)9-15-10-14(12(3)4)7-8-16-13(5)6/h11-15H,7-10H2,1-6H3. The van der Waals surface area contributed by atoms with Crippen molar-refractivity contribution in [2.24, 2.45) is 17.8 Å². The summed E-state index contributed by atoms with van der Waals surface area (Å²) in [7, 11) is 0. The Morgan fingerprint density at radius 2 is 1.56 bits per heavy atom. The van der Waals surface area contributed by atoms with Crippen LogP contribution in [0.2, 0.25) is 0 Å². The van der Waals surface area contributed by atoms with Gasteiger partial charge in [0.2, 0.25) is 0 Å². The Bertz CT molecular complexity index is 141. The highest BCUT2D eigenvalue weighted by Gasteiger charge is 2.13. The Morgan fingerprint density at radius 3 is 2.00 bits per heavy atom. The van der Waals surface area contributed by atoms with Gasteiger partial charge in [0, 0.05) is 6.61 Å². The van der Waals surface area contributed by atoms with Crippen LogP contribution in [0.15, 0.2) is 0 Å². The molecule has 0 fully saturated rings. The van der Waals surface area contributed by atoms with Gasteiger partial charge in [0.25, 0.3) is 0 Å². The van der Waals surface area contributed by atoms with Crippen LogP contribution in [0, 0.1) is 17.8 Å². The van der Waals surface area contributed by atoms with Crippen LogP contribution in [0.25, 0.3) is 0 Å². The molecular formula is C14H31NO. The number of nitrogens with one attached hydrogen (secondary N) is 1. The SMILES string of the molecule is CC(C)CNCC(CCOC(C)C)C(C)C. The maximum atomic E-state index is 5.62. The van der Waals surface area contributed by atoms with E-state index in [9.17, 15) is 0 Å². The lowest BCUT2D eigenvalue weighted by Gasteiger charge is -2.22. The van der Waals surface area contributed by atoms with Gasteiger partial charge in [-0.2, -0.15) is 0 Å². The zero-order valence-corrected chi connectivity index (χ0v) is 12.0. The van der Waals surface area contributed by atoms with Crippen molar-refractivity contribution in [2.75, 3.05) is 19.7 Å². The highest BCUT2D eigenvalue weighted by Crippen LogP contribution is 2.14. The van der Waals surface area contributed by atoms with Crippen LogP contribution in [-0.4, -0.2) is 25.8 Å². The van der Waals surface area contributed by atoms with E-state index >= 15 is 0 Å². The quantitative estimate of drug-likeness (QED) is 0.655. The molecule has 0 saturated carbocycles. The summed E-state index contributed by atoms with van der Waals surface area (Å²) in [5.41, 5.74) is 0. The van der Waals surface area contributed by atoms with Crippen LogP contribution in [0.5, 0.6) is 0 Å². The van der Waals surface area contributed by atoms with E-state index in [1.165, 1.54) is 6.42 Å². The van der Waals surface area contributed by atoms with Crippen molar-refractivity contribution in [2.45, 2.75) is 54.1 Å². The molecule has 1 unspecified atom stereocenters. The van der Waals surface area contributed by atoms with Gasteiger partial charge >= 0.3 is 0 Å². The van der Waals surface area contributed by atoms with Gasteiger partial charge in [-0.05, 0) is 51.1 Å². The molecule has 0 spiro atoms. The van der Waals surface area contributed by atoms with E-state index in [1.54, 1.807) is 0 Å². The van der Waals surface area contributed by atoms with Crippen molar-refractivity contribution in [3.8, 4) is 0 Å². The predicted molar refractivity (Wildman–Crippen MR) is 71.7 cm³/mol. The second-order valence-corrected chi connectivity index (χ2v) is 5.76. The van der Waals surface area contributed by atoms with Gasteiger partial charge < -0.3 is 10.1 Å². The highest BCUT2D eigenvalue weighted by molar-refractivity contribution is 4.66. The molecule has 0 aliphatic rings. The number of ether oxygens (including phenoxy) is 1. The van der Waals surface area contributed by atoms with Gasteiger partial charge in [-0.15, -0.1) is 0 Å². The molecule has 0 aliphatic carbocycles. The molecule has 0 saturated heterocycles. The van der Waals surface area contributed by atoms with Gasteiger partial charge in [0.15, 0.2) is 0 Å². The minimum Gasteiger partial charge on any atom is -0.379 e. The molecule has 2 heteroatoms. The minimum atomic E-state index is 0.358. The van der Waals surface area contributed by atoms with E-state index in [2.05, 4.69) is 46.9 Å². The molecular weight excluding hydrogens is 198 g/mol. The molecule has 0 aromatic carbocycles. The first-order valence-corrected chi connectivity index (χ1v) is 6.75. The van der Waals surface area contributed by atoms with Crippen molar-refractivity contribution in [3.05, 3.63) is 0 Å². The number of rotatable bonds is 9. The lowest BCUT2D eigenvalue weighted by atomic mass is 9.92.